The summed E-state index contributed by atoms with van der Waals surface area (Å²) in [6.07, 6.45) is 5.97. The van der Waals surface area contributed by atoms with Gasteiger partial charge in [-0.2, -0.15) is 5.10 Å². The van der Waals surface area contributed by atoms with Gasteiger partial charge in [-0.25, -0.2) is 4.98 Å². The Bertz CT molecular complexity index is 798. The zero-order chi connectivity index (χ0) is 19.3. The van der Waals surface area contributed by atoms with Crippen molar-refractivity contribution in [2.75, 3.05) is 51.2 Å². The second kappa shape index (κ2) is 10.0. The Morgan fingerprint density at radius 2 is 2.10 bits per heavy atom. The fourth-order valence-corrected chi connectivity index (χ4v) is 3.86. The topological polar surface area (TPSA) is 78.3 Å². The number of carbonyl (C=O) groups excluding carboxylic acids is 1. The third-order valence-corrected chi connectivity index (χ3v) is 5.60. The van der Waals surface area contributed by atoms with Gasteiger partial charge in [-0.3, -0.25) is 9.48 Å². The van der Waals surface area contributed by atoms with Crippen molar-refractivity contribution in [3.63, 3.8) is 0 Å². The normalized spacial score (nSPS) is 20.2. The summed E-state index contributed by atoms with van der Waals surface area (Å²) in [6, 6.07) is 6.09. The minimum absolute atomic E-state index is 0. The molecule has 0 bridgehead atoms. The molecule has 2 N–H and O–H groups in total. The van der Waals surface area contributed by atoms with Gasteiger partial charge in [0.2, 0.25) is 0 Å². The number of anilines is 1. The molecule has 0 saturated carbocycles. The van der Waals surface area contributed by atoms with E-state index in [1.807, 2.05) is 29.2 Å². The van der Waals surface area contributed by atoms with Gasteiger partial charge in [-0.1, -0.05) is 6.07 Å². The van der Waals surface area contributed by atoms with Gasteiger partial charge in [0.15, 0.2) is 0 Å². The summed E-state index contributed by atoms with van der Waals surface area (Å²) in [5.41, 5.74) is 1.51. The first-order valence-corrected chi connectivity index (χ1v) is 10.1. The van der Waals surface area contributed by atoms with Gasteiger partial charge in [0, 0.05) is 57.2 Å². The molecule has 2 saturated heterocycles. The number of likely N-dealkylation sites (N-methyl/N-ethyl adjacent to an activating group) is 1. The maximum atomic E-state index is 12.6. The summed E-state index contributed by atoms with van der Waals surface area (Å²) in [6.45, 7) is 6.37. The third-order valence-electron chi connectivity index (χ3n) is 5.60. The molecular weight excluding hydrogens is 390 g/mol. The summed E-state index contributed by atoms with van der Waals surface area (Å²) in [5.74, 6) is 0.824. The van der Waals surface area contributed by atoms with Crippen LogP contribution in [0.2, 0.25) is 0 Å². The van der Waals surface area contributed by atoms with Crippen LogP contribution in [-0.4, -0.2) is 71.9 Å². The highest BCUT2D eigenvalue weighted by molar-refractivity contribution is 5.92. The minimum atomic E-state index is -0.143. The molecule has 2 aliphatic rings. The van der Waals surface area contributed by atoms with Crippen molar-refractivity contribution < 1.29 is 4.79 Å². The molecule has 0 aliphatic carbocycles. The van der Waals surface area contributed by atoms with E-state index in [2.05, 4.69) is 37.6 Å². The molecule has 2 aromatic rings. The molecule has 29 heavy (non-hydrogen) atoms. The first kappa shape index (κ1) is 21.5. The number of rotatable bonds is 5. The monoisotopic (exact) mass is 419 g/mol. The molecule has 4 heterocycles. The summed E-state index contributed by atoms with van der Waals surface area (Å²) in [7, 11) is 2.14. The molecule has 1 atom stereocenters. The number of hydrogen-bond donors (Lipinski definition) is 2. The van der Waals surface area contributed by atoms with Gasteiger partial charge in [0.25, 0.3) is 5.91 Å². The van der Waals surface area contributed by atoms with Crippen LogP contribution in [0.15, 0.2) is 30.6 Å². The predicted octanol–water partition coefficient (Wildman–Crippen LogP) is 1.31. The molecule has 0 spiro atoms. The molecule has 0 radical (unpaired) electrons. The molecule has 4 rings (SSSR count). The lowest BCUT2D eigenvalue weighted by Crippen LogP contribution is -2.45. The van der Waals surface area contributed by atoms with E-state index in [0.717, 1.165) is 63.5 Å². The van der Waals surface area contributed by atoms with E-state index in [0.29, 0.717) is 18.3 Å². The molecule has 1 unspecified atom stereocenters. The van der Waals surface area contributed by atoms with Crippen molar-refractivity contribution in [3.8, 4) is 0 Å². The summed E-state index contributed by atoms with van der Waals surface area (Å²) < 4.78 is 1.92. The van der Waals surface area contributed by atoms with E-state index in [4.69, 9.17) is 0 Å². The number of piperidine rings is 1. The van der Waals surface area contributed by atoms with Crippen LogP contribution >= 0.6 is 12.4 Å². The molecule has 2 aromatic heterocycles. The highest BCUT2D eigenvalue weighted by Gasteiger charge is 2.20. The van der Waals surface area contributed by atoms with Crippen LogP contribution < -0.4 is 15.5 Å². The van der Waals surface area contributed by atoms with Crippen molar-refractivity contribution in [1.82, 2.24) is 30.3 Å². The van der Waals surface area contributed by atoms with Crippen LogP contribution in [0, 0.1) is 0 Å². The Kier molecular flexibility index (Phi) is 7.46. The van der Waals surface area contributed by atoms with Crippen LogP contribution in [0.4, 0.5) is 5.82 Å². The number of pyridine rings is 1. The van der Waals surface area contributed by atoms with Crippen molar-refractivity contribution in [3.05, 3.63) is 41.9 Å². The van der Waals surface area contributed by atoms with Crippen molar-refractivity contribution in [2.45, 2.75) is 25.4 Å². The van der Waals surface area contributed by atoms with E-state index in [1.165, 1.54) is 0 Å². The third kappa shape index (κ3) is 5.26. The Labute approximate surface area is 178 Å². The van der Waals surface area contributed by atoms with Crippen molar-refractivity contribution >= 4 is 24.1 Å². The Morgan fingerprint density at radius 1 is 1.28 bits per heavy atom. The van der Waals surface area contributed by atoms with Gasteiger partial charge in [-0.05, 0) is 38.6 Å². The van der Waals surface area contributed by atoms with Crippen LogP contribution in [0.1, 0.15) is 34.9 Å². The van der Waals surface area contributed by atoms with Gasteiger partial charge in [-0.15, -0.1) is 12.4 Å². The van der Waals surface area contributed by atoms with Crippen LogP contribution in [-0.2, 0) is 6.54 Å². The van der Waals surface area contributed by atoms with E-state index in [-0.39, 0.29) is 18.3 Å². The van der Waals surface area contributed by atoms with E-state index < -0.39 is 0 Å². The number of nitrogens with zero attached hydrogens (tertiary/aromatic N) is 5. The van der Waals surface area contributed by atoms with Crippen molar-refractivity contribution in [2.24, 2.45) is 0 Å². The van der Waals surface area contributed by atoms with Crippen LogP contribution in [0.5, 0.6) is 0 Å². The second-order valence-corrected chi connectivity index (χ2v) is 7.64. The number of piperazine rings is 1. The number of hydrogen-bond acceptors (Lipinski definition) is 6. The van der Waals surface area contributed by atoms with Gasteiger partial charge >= 0.3 is 0 Å². The van der Waals surface area contributed by atoms with E-state index in [9.17, 15) is 4.79 Å². The fraction of sp³-hybridized carbons (Fsp3) is 0.550. The average Bonchev–Trinajstić information content (AvgIpc) is 3.24. The van der Waals surface area contributed by atoms with Crippen LogP contribution in [0.25, 0.3) is 0 Å². The zero-order valence-electron chi connectivity index (χ0n) is 16.9. The fourth-order valence-electron chi connectivity index (χ4n) is 3.86. The van der Waals surface area contributed by atoms with E-state index >= 15 is 0 Å². The molecule has 2 fully saturated rings. The minimum Gasteiger partial charge on any atom is -0.354 e. The van der Waals surface area contributed by atoms with E-state index in [1.54, 1.807) is 6.07 Å². The second-order valence-electron chi connectivity index (χ2n) is 7.64. The SMILES string of the molecule is CN1CCN(c2ncccc2CNC(=O)c2ccn(C3CCCNC3)n2)CC1.Cl. The number of nitrogens with one attached hydrogen (secondary N) is 2. The van der Waals surface area contributed by atoms with Gasteiger partial charge in [0.05, 0.1) is 6.04 Å². The average molecular weight is 420 g/mol. The molecular formula is C20H30ClN7O. The number of amides is 1. The molecule has 8 nitrogen and oxygen atoms in total. The Balaban J connectivity index is 0.00000240. The Morgan fingerprint density at radius 3 is 2.86 bits per heavy atom. The smallest absolute Gasteiger partial charge is 0.272 e. The maximum Gasteiger partial charge on any atom is 0.272 e. The van der Waals surface area contributed by atoms with Gasteiger partial charge in [0.1, 0.15) is 11.5 Å². The first-order valence-electron chi connectivity index (χ1n) is 10.1. The van der Waals surface area contributed by atoms with Crippen LogP contribution in [0.3, 0.4) is 0 Å². The summed E-state index contributed by atoms with van der Waals surface area (Å²) in [5, 5.41) is 10.9. The summed E-state index contributed by atoms with van der Waals surface area (Å²) in [4.78, 5) is 21.8. The zero-order valence-corrected chi connectivity index (χ0v) is 17.7. The molecule has 9 heteroatoms. The van der Waals surface area contributed by atoms with Gasteiger partial charge < -0.3 is 20.4 Å². The number of halogens is 1. The largest absolute Gasteiger partial charge is 0.354 e. The highest BCUT2D eigenvalue weighted by atomic mass is 35.5. The number of aromatic nitrogens is 3. The molecule has 2 aliphatic heterocycles. The molecule has 1 amide bonds. The first-order chi connectivity index (χ1) is 13.7. The number of carbonyl (C=O) groups is 1. The quantitative estimate of drug-likeness (QED) is 0.760. The predicted molar refractivity (Wildman–Crippen MR) is 116 cm³/mol. The summed E-state index contributed by atoms with van der Waals surface area (Å²) >= 11 is 0. The lowest BCUT2D eigenvalue weighted by molar-refractivity contribution is 0.0944. The maximum absolute atomic E-state index is 12.6. The Hall–Kier alpha value is -2.16. The lowest BCUT2D eigenvalue weighted by Gasteiger charge is -2.34. The highest BCUT2D eigenvalue weighted by Crippen LogP contribution is 2.19. The van der Waals surface area contributed by atoms with Crippen molar-refractivity contribution in [1.29, 1.82) is 0 Å². The lowest BCUT2D eigenvalue weighted by atomic mass is 10.1. The molecule has 158 valence electrons. The standard InChI is InChI=1S/C20H29N7O.ClH/c1-25-10-12-26(13-11-25)19-16(4-2-8-22-19)14-23-20(28)18-6-9-27(24-18)17-5-3-7-21-15-17;/h2,4,6,8-9,17,21H,3,5,7,10-15H2,1H3,(H,23,28);1H. The molecule has 0 aromatic carbocycles.